The summed E-state index contributed by atoms with van der Waals surface area (Å²) in [6.45, 7) is 1.97. The molecule has 0 amide bonds. The highest BCUT2D eigenvalue weighted by molar-refractivity contribution is 6.31. The molecule has 0 radical (unpaired) electrons. The van der Waals surface area contributed by atoms with Crippen molar-refractivity contribution in [2.45, 2.75) is 6.92 Å². The second-order valence-corrected chi connectivity index (χ2v) is 5.73. The fourth-order valence-electron chi connectivity index (χ4n) is 2.09. The molecule has 24 heavy (non-hydrogen) atoms. The van der Waals surface area contributed by atoms with Gasteiger partial charge in [0.1, 0.15) is 11.5 Å². The van der Waals surface area contributed by atoms with Gasteiger partial charge in [-0.2, -0.15) is 5.10 Å². The van der Waals surface area contributed by atoms with E-state index < -0.39 is 0 Å². The molecule has 0 aliphatic heterocycles. The molecule has 0 aliphatic carbocycles. The highest BCUT2D eigenvalue weighted by atomic mass is 35.5. The average molecular weight is 337 g/mol. The third-order valence-corrected chi connectivity index (χ3v) is 3.85. The van der Waals surface area contributed by atoms with Crippen molar-refractivity contribution >= 4 is 23.5 Å². The van der Waals surface area contributed by atoms with Crippen molar-refractivity contribution in [1.82, 2.24) is 0 Å². The van der Waals surface area contributed by atoms with Gasteiger partial charge in [-0.25, -0.2) is 0 Å². The van der Waals surface area contributed by atoms with Gasteiger partial charge in [-0.15, -0.1) is 0 Å². The van der Waals surface area contributed by atoms with E-state index in [9.17, 15) is 0 Å². The summed E-state index contributed by atoms with van der Waals surface area (Å²) in [5.41, 5.74) is 5.84. The van der Waals surface area contributed by atoms with Crippen LogP contribution in [0.25, 0.3) is 0 Å². The summed E-state index contributed by atoms with van der Waals surface area (Å²) in [6.07, 6.45) is 1.75. The van der Waals surface area contributed by atoms with E-state index in [1.165, 1.54) is 0 Å². The smallest absolute Gasteiger partial charge is 0.127 e. The molecule has 0 heterocycles. The molecular formula is C20H17ClN2O. The van der Waals surface area contributed by atoms with Crippen LogP contribution < -0.4 is 10.2 Å². The zero-order valence-electron chi connectivity index (χ0n) is 13.2. The molecule has 1 N–H and O–H groups in total. The number of nitrogens with one attached hydrogen (secondary N) is 1. The Hall–Kier alpha value is -2.78. The number of aryl methyl sites for hydroxylation is 1. The molecule has 3 aromatic rings. The van der Waals surface area contributed by atoms with Crippen molar-refractivity contribution in [3.05, 3.63) is 88.9 Å². The van der Waals surface area contributed by atoms with Gasteiger partial charge in [0, 0.05) is 5.02 Å². The van der Waals surface area contributed by atoms with Crippen molar-refractivity contribution in [3.8, 4) is 11.5 Å². The minimum atomic E-state index is 0.720. The van der Waals surface area contributed by atoms with E-state index in [4.69, 9.17) is 16.3 Å². The second-order valence-electron chi connectivity index (χ2n) is 5.32. The van der Waals surface area contributed by atoms with Crippen molar-refractivity contribution in [2.24, 2.45) is 5.10 Å². The van der Waals surface area contributed by atoms with E-state index in [-0.39, 0.29) is 0 Å². The van der Waals surface area contributed by atoms with Crippen LogP contribution in [0.3, 0.4) is 0 Å². The van der Waals surface area contributed by atoms with Crippen LogP contribution in [0.4, 0.5) is 5.69 Å². The summed E-state index contributed by atoms with van der Waals surface area (Å²) < 4.78 is 5.76. The summed E-state index contributed by atoms with van der Waals surface area (Å²) in [7, 11) is 0. The van der Waals surface area contributed by atoms with Gasteiger partial charge < -0.3 is 4.74 Å². The first-order valence-corrected chi connectivity index (χ1v) is 7.97. The van der Waals surface area contributed by atoms with Crippen LogP contribution >= 0.6 is 11.6 Å². The Morgan fingerprint density at radius 3 is 2.33 bits per heavy atom. The van der Waals surface area contributed by atoms with Gasteiger partial charge in [0.15, 0.2) is 0 Å². The molecule has 0 atom stereocenters. The van der Waals surface area contributed by atoms with E-state index in [0.29, 0.717) is 0 Å². The van der Waals surface area contributed by atoms with Crippen molar-refractivity contribution < 1.29 is 4.74 Å². The molecule has 120 valence electrons. The first kappa shape index (κ1) is 16.1. The lowest BCUT2D eigenvalue weighted by Crippen LogP contribution is -1.91. The van der Waals surface area contributed by atoms with Crippen molar-refractivity contribution in [1.29, 1.82) is 0 Å². The predicted molar refractivity (Wildman–Crippen MR) is 100 cm³/mol. The van der Waals surface area contributed by atoms with Gasteiger partial charge in [0.2, 0.25) is 0 Å². The molecule has 3 rings (SSSR count). The van der Waals surface area contributed by atoms with E-state index in [2.05, 4.69) is 10.5 Å². The predicted octanol–water partition coefficient (Wildman–Crippen LogP) is 5.89. The standard InChI is InChI=1S/C20H17ClN2O/c1-15-7-10-17(13-20(15)21)23-22-14-16-8-11-19(12-9-16)24-18-5-3-2-4-6-18/h2-14,23H,1H3. The van der Waals surface area contributed by atoms with Crippen LogP contribution in [-0.2, 0) is 0 Å². The molecule has 0 saturated heterocycles. The lowest BCUT2D eigenvalue weighted by molar-refractivity contribution is 0.482. The summed E-state index contributed by atoms with van der Waals surface area (Å²) in [4.78, 5) is 0. The fourth-order valence-corrected chi connectivity index (χ4v) is 2.27. The van der Waals surface area contributed by atoms with Crippen molar-refractivity contribution in [3.63, 3.8) is 0 Å². The zero-order valence-corrected chi connectivity index (χ0v) is 14.0. The Morgan fingerprint density at radius 2 is 1.62 bits per heavy atom. The van der Waals surface area contributed by atoms with E-state index in [0.717, 1.165) is 33.3 Å². The minimum absolute atomic E-state index is 0.720. The average Bonchev–Trinajstić information content (AvgIpc) is 2.60. The number of ether oxygens (including phenoxy) is 1. The molecule has 4 heteroatoms. The summed E-state index contributed by atoms with van der Waals surface area (Å²) in [5, 5.41) is 4.94. The largest absolute Gasteiger partial charge is 0.457 e. The molecule has 3 nitrogen and oxygen atoms in total. The summed E-state index contributed by atoms with van der Waals surface area (Å²) in [5.74, 6) is 1.61. The molecule has 0 aromatic heterocycles. The molecule has 0 saturated carbocycles. The topological polar surface area (TPSA) is 33.6 Å². The normalized spacial score (nSPS) is 10.8. The molecular weight excluding hydrogens is 320 g/mol. The molecule has 0 aliphatic rings. The van der Waals surface area contributed by atoms with E-state index >= 15 is 0 Å². The Balaban J connectivity index is 1.60. The number of anilines is 1. The van der Waals surface area contributed by atoms with E-state index in [1.807, 2.05) is 79.7 Å². The number of halogens is 1. The van der Waals surface area contributed by atoms with Crippen LogP contribution in [-0.4, -0.2) is 6.21 Å². The first-order chi connectivity index (χ1) is 11.7. The number of hydrogen-bond donors (Lipinski definition) is 1. The molecule has 3 aromatic carbocycles. The van der Waals surface area contributed by atoms with Crippen molar-refractivity contribution in [2.75, 3.05) is 5.43 Å². The number of para-hydroxylation sites is 1. The van der Waals surface area contributed by atoms with Gasteiger partial charge in [0.05, 0.1) is 11.9 Å². The third kappa shape index (κ3) is 4.37. The molecule has 0 fully saturated rings. The number of rotatable bonds is 5. The molecule has 0 bridgehead atoms. The number of benzene rings is 3. The molecule has 0 spiro atoms. The van der Waals surface area contributed by atoms with Gasteiger partial charge in [-0.05, 0) is 66.6 Å². The summed E-state index contributed by atoms with van der Waals surface area (Å²) in [6, 6.07) is 23.2. The Bertz CT molecular complexity index is 830. The SMILES string of the molecule is Cc1ccc(NN=Cc2ccc(Oc3ccccc3)cc2)cc1Cl. The number of hydrogen-bond acceptors (Lipinski definition) is 3. The van der Waals surface area contributed by atoms with Crippen LogP contribution in [0.2, 0.25) is 5.02 Å². The Morgan fingerprint density at radius 1 is 0.917 bits per heavy atom. The maximum atomic E-state index is 6.09. The fraction of sp³-hybridized carbons (Fsp3) is 0.0500. The van der Waals surface area contributed by atoms with Gasteiger partial charge in [0.25, 0.3) is 0 Å². The van der Waals surface area contributed by atoms with Crippen LogP contribution in [0.5, 0.6) is 11.5 Å². The first-order valence-electron chi connectivity index (χ1n) is 7.59. The van der Waals surface area contributed by atoms with Crippen LogP contribution in [0.1, 0.15) is 11.1 Å². The quantitative estimate of drug-likeness (QED) is 0.465. The van der Waals surface area contributed by atoms with Gasteiger partial charge in [-0.3, -0.25) is 5.43 Å². The van der Waals surface area contributed by atoms with Gasteiger partial charge in [-0.1, -0.05) is 35.9 Å². The zero-order chi connectivity index (χ0) is 16.8. The molecule has 0 unspecified atom stereocenters. The highest BCUT2D eigenvalue weighted by Gasteiger charge is 1.97. The lowest BCUT2D eigenvalue weighted by atomic mass is 10.2. The third-order valence-electron chi connectivity index (χ3n) is 3.44. The van der Waals surface area contributed by atoms with Crippen LogP contribution in [0, 0.1) is 6.92 Å². The summed E-state index contributed by atoms with van der Waals surface area (Å²) >= 11 is 6.09. The highest BCUT2D eigenvalue weighted by Crippen LogP contribution is 2.21. The maximum Gasteiger partial charge on any atom is 0.127 e. The van der Waals surface area contributed by atoms with Crippen LogP contribution in [0.15, 0.2) is 77.9 Å². The van der Waals surface area contributed by atoms with E-state index in [1.54, 1.807) is 6.21 Å². The Kier molecular flexibility index (Phi) is 5.14. The monoisotopic (exact) mass is 336 g/mol. The van der Waals surface area contributed by atoms with Gasteiger partial charge >= 0.3 is 0 Å². The number of hydrazone groups is 1. The number of nitrogens with zero attached hydrogens (tertiary/aromatic N) is 1. The second kappa shape index (κ2) is 7.66. The Labute approximate surface area is 146 Å². The minimum Gasteiger partial charge on any atom is -0.457 e. The maximum absolute atomic E-state index is 6.09. The lowest BCUT2D eigenvalue weighted by Gasteiger charge is -2.05.